The van der Waals surface area contributed by atoms with Crippen molar-refractivity contribution in [3.8, 4) is 0 Å². The van der Waals surface area contributed by atoms with Gasteiger partial charge in [-0.3, -0.25) is 9.58 Å². The molecule has 0 saturated carbocycles. The van der Waals surface area contributed by atoms with E-state index in [2.05, 4.69) is 10.00 Å². The van der Waals surface area contributed by atoms with Crippen molar-refractivity contribution >= 4 is 5.97 Å². The van der Waals surface area contributed by atoms with Crippen LogP contribution in [0.4, 0.5) is 0 Å². The van der Waals surface area contributed by atoms with Gasteiger partial charge >= 0.3 is 5.97 Å². The number of hydrogen-bond donors (Lipinski definition) is 1. The fourth-order valence-electron chi connectivity index (χ4n) is 3.14. The van der Waals surface area contributed by atoms with Crippen LogP contribution in [-0.4, -0.2) is 57.6 Å². The molecule has 1 unspecified atom stereocenters. The van der Waals surface area contributed by atoms with Gasteiger partial charge in [0.25, 0.3) is 0 Å². The van der Waals surface area contributed by atoms with Gasteiger partial charge in [0.05, 0.1) is 30.0 Å². The smallest absolute Gasteiger partial charge is 0.341 e. The molecule has 23 heavy (non-hydrogen) atoms. The number of piperidine rings is 1. The molecule has 1 aromatic rings. The van der Waals surface area contributed by atoms with E-state index in [4.69, 9.17) is 4.74 Å². The molecular weight excluding hydrogens is 294 g/mol. The van der Waals surface area contributed by atoms with Gasteiger partial charge in [0.1, 0.15) is 0 Å². The predicted molar refractivity (Wildman–Crippen MR) is 88.4 cm³/mol. The summed E-state index contributed by atoms with van der Waals surface area (Å²) in [4.78, 5) is 14.1. The van der Waals surface area contributed by atoms with Gasteiger partial charge in [-0.1, -0.05) is 13.8 Å². The van der Waals surface area contributed by atoms with Gasteiger partial charge in [-0.05, 0) is 39.2 Å². The molecule has 6 heteroatoms. The van der Waals surface area contributed by atoms with Crippen LogP contribution in [0.15, 0.2) is 12.4 Å². The van der Waals surface area contributed by atoms with E-state index in [1.165, 1.54) is 0 Å². The largest absolute Gasteiger partial charge is 0.462 e. The Morgan fingerprint density at radius 2 is 2.17 bits per heavy atom. The SMILES string of the molecule is CCOC(=O)c1cnn(C2CCCN(CC(O)(CC)CC)C2)c1. The van der Waals surface area contributed by atoms with Crippen molar-refractivity contribution in [2.75, 3.05) is 26.2 Å². The highest BCUT2D eigenvalue weighted by Gasteiger charge is 2.29. The van der Waals surface area contributed by atoms with Gasteiger partial charge in [0, 0.05) is 19.3 Å². The Balaban J connectivity index is 2.00. The maximum Gasteiger partial charge on any atom is 0.341 e. The standard InChI is InChI=1S/C17H29N3O3/c1-4-17(22,5-2)13-19-9-7-8-15(12-19)20-11-14(10-18-20)16(21)23-6-3/h10-11,15,22H,4-9,12-13H2,1-3H3. The molecule has 1 N–H and O–H groups in total. The zero-order chi connectivity index (χ0) is 16.9. The highest BCUT2D eigenvalue weighted by atomic mass is 16.5. The van der Waals surface area contributed by atoms with Crippen molar-refractivity contribution in [1.29, 1.82) is 0 Å². The topological polar surface area (TPSA) is 67.6 Å². The summed E-state index contributed by atoms with van der Waals surface area (Å²) in [6.45, 7) is 8.78. The van der Waals surface area contributed by atoms with E-state index >= 15 is 0 Å². The van der Waals surface area contributed by atoms with E-state index in [0.29, 0.717) is 18.7 Å². The number of ether oxygens (including phenoxy) is 1. The molecule has 1 saturated heterocycles. The van der Waals surface area contributed by atoms with Crippen molar-refractivity contribution in [1.82, 2.24) is 14.7 Å². The number of nitrogens with zero attached hydrogens (tertiary/aromatic N) is 3. The van der Waals surface area contributed by atoms with Gasteiger partial charge in [0.2, 0.25) is 0 Å². The van der Waals surface area contributed by atoms with Crippen LogP contribution in [0.3, 0.4) is 0 Å². The van der Waals surface area contributed by atoms with Crippen LogP contribution in [-0.2, 0) is 4.74 Å². The van der Waals surface area contributed by atoms with Crippen LogP contribution in [0.2, 0.25) is 0 Å². The molecule has 0 aromatic carbocycles. The Bertz CT molecular complexity index is 511. The summed E-state index contributed by atoms with van der Waals surface area (Å²) < 4.78 is 6.88. The molecule has 1 aliphatic heterocycles. The zero-order valence-electron chi connectivity index (χ0n) is 14.5. The van der Waals surface area contributed by atoms with E-state index in [9.17, 15) is 9.90 Å². The minimum atomic E-state index is -0.609. The van der Waals surface area contributed by atoms with Gasteiger partial charge in [0.15, 0.2) is 0 Å². The molecule has 0 amide bonds. The molecule has 0 spiro atoms. The summed E-state index contributed by atoms with van der Waals surface area (Å²) in [6, 6.07) is 0.241. The van der Waals surface area contributed by atoms with Crippen LogP contribution in [0.1, 0.15) is 62.9 Å². The number of β-amino-alcohol motifs (C(OH)–C–C–N with tert-alkyl or cyclic N) is 1. The molecule has 1 aromatic heterocycles. The third-order valence-corrected chi connectivity index (χ3v) is 4.80. The van der Waals surface area contributed by atoms with Gasteiger partial charge in [-0.2, -0.15) is 5.10 Å². The van der Waals surface area contributed by atoms with Crippen LogP contribution in [0.5, 0.6) is 0 Å². The Morgan fingerprint density at radius 1 is 1.43 bits per heavy atom. The number of carbonyl (C=O) groups is 1. The van der Waals surface area contributed by atoms with Crippen molar-refractivity contribution in [3.05, 3.63) is 18.0 Å². The Hall–Kier alpha value is -1.40. The first-order valence-corrected chi connectivity index (χ1v) is 8.67. The van der Waals surface area contributed by atoms with E-state index < -0.39 is 5.60 Å². The quantitative estimate of drug-likeness (QED) is 0.780. The summed E-state index contributed by atoms with van der Waals surface area (Å²) in [5, 5.41) is 14.9. The third-order valence-electron chi connectivity index (χ3n) is 4.80. The average Bonchev–Trinajstić information content (AvgIpc) is 3.05. The van der Waals surface area contributed by atoms with Crippen LogP contribution >= 0.6 is 0 Å². The summed E-state index contributed by atoms with van der Waals surface area (Å²) in [6.07, 6.45) is 6.99. The Kier molecular flexibility index (Phi) is 6.18. The molecule has 2 rings (SSSR count). The second-order valence-electron chi connectivity index (χ2n) is 6.39. The van der Waals surface area contributed by atoms with Crippen molar-refractivity contribution < 1.29 is 14.6 Å². The summed E-state index contributed by atoms with van der Waals surface area (Å²) in [5.41, 5.74) is -0.107. The normalized spacial score (nSPS) is 19.7. The second-order valence-corrected chi connectivity index (χ2v) is 6.39. The third kappa shape index (κ3) is 4.54. The van der Waals surface area contributed by atoms with Crippen LogP contribution in [0, 0.1) is 0 Å². The summed E-state index contributed by atoms with van der Waals surface area (Å²) in [5.74, 6) is -0.322. The zero-order valence-corrected chi connectivity index (χ0v) is 14.5. The number of hydrogen-bond acceptors (Lipinski definition) is 5. The van der Waals surface area contributed by atoms with Gasteiger partial charge in [-0.15, -0.1) is 0 Å². The maximum absolute atomic E-state index is 11.8. The van der Waals surface area contributed by atoms with Crippen molar-refractivity contribution in [3.63, 3.8) is 0 Å². The molecule has 130 valence electrons. The van der Waals surface area contributed by atoms with Crippen LogP contribution in [0.25, 0.3) is 0 Å². The highest BCUT2D eigenvalue weighted by Crippen LogP contribution is 2.25. The fraction of sp³-hybridized carbons (Fsp3) is 0.765. The van der Waals surface area contributed by atoms with Crippen molar-refractivity contribution in [2.45, 2.75) is 58.1 Å². The lowest BCUT2D eigenvalue weighted by Gasteiger charge is -2.38. The number of likely N-dealkylation sites (tertiary alicyclic amines) is 1. The van der Waals surface area contributed by atoms with Crippen LogP contribution < -0.4 is 0 Å². The number of aliphatic hydroxyl groups is 1. The summed E-state index contributed by atoms with van der Waals surface area (Å²) >= 11 is 0. The van der Waals surface area contributed by atoms with E-state index in [0.717, 1.165) is 38.8 Å². The molecule has 1 aliphatic rings. The molecule has 6 nitrogen and oxygen atoms in total. The van der Waals surface area contributed by atoms with E-state index in [1.807, 2.05) is 18.5 Å². The molecular formula is C17H29N3O3. The molecule has 2 heterocycles. The first kappa shape index (κ1) is 17.9. The number of rotatable bonds is 7. The highest BCUT2D eigenvalue weighted by molar-refractivity contribution is 5.88. The average molecular weight is 323 g/mol. The van der Waals surface area contributed by atoms with Gasteiger partial charge in [-0.25, -0.2) is 4.79 Å². The van der Waals surface area contributed by atoms with E-state index in [-0.39, 0.29) is 12.0 Å². The van der Waals surface area contributed by atoms with E-state index in [1.54, 1.807) is 19.3 Å². The molecule has 0 aliphatic carbocycles. The molecule has 1 atom stereocenters. The fourth-order valence-corrected chi connectivity index (χ4v) is 3.14. The Labute approximate surface area is 138 Å². The second kappa shape index (κ2) is 7.93. The number of carbonyl (C=O) groups excluding carboxylic acids is 1. The van der Waals surface area contributed by atoms with Crippen molar-refractivity contribution in [2.24, 2.45) is 0 Å². The molecule has 0 radical (unpaired) electrons. The first-order chi connectivity index (χ1) is 11.0. The van der Waals surface area contributed by atoms with Gasteiger partial charge < -0.3 is 9.84 Å². The lowest BCUT2D eigenvalue weighted by atomic mass is 9.95. The first-order valence-electron chi connectivity index (χ1n) is 8.67. The molecule has 0 bridgehead atoms. The minimum Gasteiger partial charge on any atom is -0.462 e. The monoisotopic (exact) mass is 323 g/mol. The predicted octanol–water partition coefficient (Wildman–Crippen LogP) is 2.25. The lowest BCUT2D eigenvalue weighted by Crippen LogP contribution is -2.46. The number of aromatic nitrogens is 2. The number of esters is 1. The Morgan fingerprint density at radius 3 is 2.83 bits per heavy atom. The lowest BCUT2D eigenvalue weighted by molar-refractivity contribution is -0.0134. The minimum absolute atomic E-state index is 0.241. The maximum atomic E-state index is 11.8. The summed E-state index contributed by atoms with van der Waals surface area (Å²) in [7, 11) is 0. The molecule has 1 fully saturated rings.